The highest BCUT2D eigenvalue weighted by molar-refractivity contribution is 5.94. The number of hydrogen-bond acceptors (Lipinski definition) is 3. The van der Waals surface area contributed by atoms with Crippen LogP contribution in [0.4, 0.5) is 18.9 Å². The predicted octanol–water partition coefficient (Wildman–Crippen LogP) is 2.56. The van der Waals surface area contributed by atoms with Crippen molar-refractivity contribution in [3.05, 3.63) is 24.0 Å². The summed E-state index contributed by atoms with van der Waals surface area (Å²) >= 11 is 0. The molecular weight excluding hydrogens is 259 g/mol. The highest BCUT2D eigenvalue weighted by Gasteiger charge is 2.32. The largest absolute Gasteiger partial charge is 0.433 e. The number of halogens is 3. The van der Waals surface area contributed by atoms with Gasteiger partial charge in [0.15, 0.2) is 0 Å². The molecule has 0 aliphatic carbocycles. The molecule has 0 spiro atoms. The van der Waals surface area contributed by atoms with Crippen LogP contribution in [0.2, 0.25) is 0 Å². The van der Waals surface area contributed by atoms with Gasteiger partial charge in [0, 0.05) is 0 Å². The van der Waals surface area contributed by atoms with Crippen molar-refractivity contribution >= 4 is 11.6 Å². The van der Waals surface area contributed by atoms with E-state index in [1.165, 1.54) is 0 Å². The van der Waals surface area contributed by atoms with Crippen LogP contribution >= 0.6 is 0 Å². The van der Waals surface area contributed by atoms with Crippen LogP contribution in [0.25, 0.3) is 0 Å². The molecule has 7 heteroatoms. The summed E-state index contributed by atoms with van der Waals surface area (Å²) in [6, 6.07) is 1.30. The fourth-order valence-electron chi connectivity index (χ4n) is 1.43. The molecule has 1 rings (SSSR count). The first-order valence-corrected chi connectivity index (χ1v) is 5.94. The molecule has 19 heavy (non-hydrogen) atoms. The first kappa shape index (κ1) is 15.4. The second-order valence-electron chi connectivity index (χ2n) is 4.17. The number of nitrogens with two attached hydrogens (primary N) is 1. The van der Waals surface area contributed by atoms with E-state index in [-0.39, 0.29) is 5.69 Å². The summed E-state index contributed by atoms with van der Waals surface area (Å²) in [5.74, 6) is -0.421. The molecule has 0 saturated heterocycles. The predicted molar refractivity (Wildman–Crippen MR) is 65.4 cm³/mol. The quantitative estimate of drug-likeness (QED) is 0.867. The number of nitrogens with zero attached hydrogens (tertiary/aromatic N) is 1. The van der Waals surface area contributed by atoms with E-state index in [0.29, 0.717) is 6.42 Å². The second kappa shape index (κ2) is 6.51. The van der Waals surface area contributed by atoms with Crippen LogP contribution in [0.3, 0.4) is 0 Å². The second-order valence-corrected chi connectivity index (χ2v) is 4.17. The van der Waals surface area contributed by atoms with Gasteiger partial charge in [-0.05, 0) is 18.6 Å². The summed E-state index contributed by atoms with van der Waals surface area (Å²) in [6.07, 6.45) is -1.24. The average molecular weight is 275 g/mol. The number of alkyl halides is 3. The molecule has 1 aromatic heterocycles. The van der Waals surface area contributed by atoms with E-state index in [4.69, 9.17) is 5.73 Å². The zero-order valence-corrected chi connectivity index (χ0v) is 10.5. The summed E-state index contributed by atoms with van der Waals surface area (Å²) in [5, 5.41) is 2.44. The van der Waals surface area contributed by atoms with Crippen molar-refractivity contribution < 1.29 is 18.0 Å². The SMILES string of the molecule is CCCC[C@H](N)C(=O)Nc1ccc(C(F)(F)F)nc1. The van der Waals surface area contributed by atoms with Crippen molar-refractivity contribution in [1.29, 1.82) is 0 Å². The number of pyridine rings is 1. The normalized spacial score (nSPS) is 13.1. The lowest BCUT2D eigenvalue weighted by Crippen LogP contribution is -2.35. The Morgan fingerprint density at radius 1 is 1.47 bits per heavy atom. The standard InChI is InChI=1S/C12H16F3N3O/c1-2-3-4-9(16)11(19)18-8-5-6-10(17-7-8)12(13,14)15/h5-7,9H,2-4,16H2,1H3,(H,18,19)/t9-/m0/s1. The smallest absolute Gasteiger partial charge is 0.323 e. The number of aromatic nitrogens is 1. The van der Waals surface area contributed by atoms with E-state index >= 15 is 0 Å². The van der Waals surface area contributed by atoms with Crippen LogP contribution in [0.1, 0.15) is 31.9 Å². The number of hydrogen-bond donors (Lipinski definition) is 2. The molecule has 3 N–H and O–H groups in total. The Balaban J connectivity index is 2.60. The third-order valence-corrected chi connectivity index (χ3v) is 2.53. The van der Waals surface area contributed by atoms with Crippen LogP contribution in [0.15, 0.2) is 18.3 Å². The lowest BCUT2D eigenvalue weighted by Gasteiger charge is -2.12. The molecule has 0 radical (unpaired) electrons. The van der Waals surface area contributed by atoms with Crippen molar-refractivity contribution in [2.75, 3.05) is 5.32 Å². The molecule has 1 heterocycles. The summed E-state index contributed by atoms with van der Waals surface area (Å²) < 4.78 is 36.8. The van der Waals surface area contributed by atoms with Crippen LogP contribution in [0, 0.1) is 0 Å². The zero-order chi connectivity index (χ0) is 14.5. The molecule has 106 valence electrons. The lowest BCUT2D eigenvalue weighted by molar-refractivity contribution is -0.141. The Bertz CT molecular complexity index is 417. The summed E-state index contributed by atoms with van der Waals surface area (Å²) in [4.78, 5) is 14.9. The molecule has 1 amide bonds. The van der Waals surface area contributed by atoms with E-state index in [0.717, 1.165) is 31.2 Å². The Labute approximate surface area is 109 Å². The number of unbranched alkanes of at least 4 members (excludes halogenated alkanes) is 1. The van der Waals surface area contributed by atoms with Crippen molar-refractivity contribution in [2.45, 2.75) is 38.4 Å². The first-order chi connectivity index (χ1) is 8.84. The van der Waals surface area contributed by atoms with Gasteiger partial charge in [0.2, 0.25) is 5.91 Å². The Hall–Kier alpha value is -1.63. The van der Waals surface area contributed by atoms with E-state index in [9.17, 15) is 18.0 Å². The van der Waals surface area contributed by atoms with Crippen LogP contribution in [-0.4, -0.2) is 16.9 Å². The fraction of sp³-hybridized carbons (Fsp3) is 0.500. The maximum Gasteiger partial charge on any atom is 0.433 e. The van der Waals surface area contributed by atoms with E-state index in [1.807, 2.05) is 6.92 Å². The van der Waals surface area contributed by atoms with Crippen molar-refractivity contribution in [2.24, 2.45) is 5.73 Å². The monoisotopic (exact) mass is 275 g/mol. The number of carbonyl (C=O) groups is 1. The van der Waals surface area contributed by atoms with Crippen LogP contribution < -0.4 is 11.1 Å². The maximum absolute atomic E-state index is 12.3. The summed E-state index contributed by atoms with van der Waals surface area (Å²) in [5.41, 5.74) is 4.84. The van der Waals surface area contributed by atoms with Gasteiger partial charge in [-0.3, -0.25) is 4.79 Å². The fourth-order valence-corrected chi connectivity index (χ4v) is 1.43. The van der Waals surface area contributed by atoms with E-state index in [2.05, 4.69) is 10.3 Å². The number of rotatable bonds is 5. The third kappa shape index (κ3) is 4.86. The molecule has 0 bridgehead atoms. The summed E-state index contributed by atoms with van der Waals surface area (Å²) in [6.45, 7) is 1.98. The molecule has 4 nitrogen and oxygen atoms in total. The third-order valence-electron chi connectivity index (χ3n) is 2.53. The number of amides is 1. The summed E-state index contributed by atoms with van der Waals surface area (Å²) in [7, 11) is 0. The average Bonchev–Trinajstić information content (AvgIpc) is 2.35. The van der Waals surface area contributed by atoms with Gasteiger partial charge in [-0.2, -0.15) is 13.2 Å². The van der Waals surface area contributed by atoms with Gasteiger partial charge in [0.1, 0.15) is 5.69 Å². The minimum absolute atomic E-state index is 0.199. The highest BCUT2D eigenvalue weighted by Crippen LogP contribution is 2.27. The molecule has 1 aromatic rings. The van der Waals surface area contributed by atoms with Gasteiger partial charge < -0.3 is 11.1 Å². The lowest BCUT2D eigenvalue weighted by atomic mass is 10.1. The van der Waals surface area contributed by atoms with Gasteiger partial charge in [-0.15, -0.1) is 0 Å². The van der Waals surface area contributed by atoms with Crippen molar-refractivity contribution in [3.63, 3.8) is 0 Å². The van der Waals surface area contributed by atoms with Gasteiger partial charge in [-0.1, -0.05) is 19.8 Å². The molecule has 0 aliphatic heterocycles. The van der Waals surface area contributed by atoms with E-state index in [1.54, 1.807) is 0 Å². The van der Waals surface area contributed by atoms with Gasteiger partial charge in [-0.25, -0.2) is 4.98 Å². The van der Waals surface area contributed by atoms with Gasteiger partial charge in [0.05, 0.1) is 17.9 Å². The van der Waals surface area contributed by atoms with E-state index < -0.39 is 23.8 Å². The first-order valence-electron chi connectivity index (χ1n) is 5.94. The molecule has 0 saturated carbocycles. The maximum atomic E-state index is 12.3. The van der Waals surface area contributed by atoms with Gasteiger partial charge in [0.25, 0.3) is 0 Å². The van der Waals surface area contributed by atoms with Crippen molar-refractivity contribution in [3.8, 4) is 0 Å². The molecule has 0 fully saturated rings. The number of anilines is 1. The minimum Gasteiger partial charge on any atom is -0.323 e. The molecule has 1 atom stereocenters. The zero-order valence-electron chi connectivity index (χ0n) is 10.5. The van der Waals surface area contributed by atoms with Crippen LogP contribution in [0.5, 0.6) is 0 Å². The molecular formula is C12H16F3N3O. The Morgan fingerprint density at radius 2 is 2.16 bits per heavy atom. The van der Waals surface area contributed by atoms with Gasteiger partial charge >= 0.3 is 6.18 Å². The molecule has 0 unspecified atom stereocenters. The Morgan fingerprint density at radius 3 is 2.63 bits per heavy atom. The molecule has 0 aromatic carbocycles. The number of carbonyl (C=O) groups excluding carboxylic acids is 1. The van der Waals surface area contributed by atoms with Crippen molar-refractivity contribution in [1.82, 2.24) is 4.98 Å². The highest BCUT2D eigenvalue weighted by atomic mass is 19.4. The topological polar surface area (TPSA) is 68.0 Å². The Kier molecular flexibility index (Phi) is 5.29. The van der Waals surface area contributed by atoms with Crippen LogP contribution in [-0.2, 0) is 11.0 Å². The number of nitrogens with one attached hydrogen (secondary N) is 1. The molecule has 0 aliphatic rings. The minimum atomic E-state index is -4.49.